The molecule has 0 saturated carbocycles. The fourth-order valence-electron chi connectivity index (χ4n) is 3.63. The van der Waals surface area contributed by atoms with Crippen molar-refractivity contribution in [2.75, 3.05) is 0 Å². The van der Waals surface area contributed by atoms with E-state index in [0.29, 0.717) is 23.8 Å². The minimum absolute atomic E-state index is 0.294. The van der Waals surface area contributed by atoms with Crippen molar-refractivity contribution in [1.29, 1.82) is 0 Å². The van der Waals surface area contributed by atoms with Crippen LogP contribution in [0.25, 0.3) is 0 Å². The smallest absolute Gasteiger partial charge is 0.373 e. The van der Waals surface area contributed by atoms with Crippen molar-refractivity contribution in [1.82, 2.24) is 0 Å². The van der Waals surface area contributed by atoms with Gasteiger partial charge in [0.05, 0.1) is 17.6 Å². The highest BCUT2D eigenvalue weighted by Gasteiger charge is 2.37. The maximum atomic E-state index is 11.8. The summed E-state index contributed by atoms with van der Waals surface area (Å²) in [6, 6.07) is 8.77. The van der Waals surface area contributed by atoms with Gasteiger partial charge in [0.15, 0.2) is 0 Å². The summed E-state index contributed by atoms with van der Waals surface area (Å²) >= 11 is 0. The summed E-state index contributed by atoms with van der Waals surface area (Å²) in [5, 5.41) is 18.2. The summed E-state index contributed by atoms with van der Waals surface area (Å²) in [5.74, 6) is -1.44. The highest BCUT2D eigenvalue weighted by Crippen LogP contribution is 2.37. The molecule has 2 atom stereocenters. The largest absolute Gasteiger partial charge is 0.393 e. The summed E-state index contributed by atoms with van der Waals surface area (Å²) < 4.78 is 0. The SMILES string of the molecule is CC(O)CC(C)(C)C(CCCCC(C)(C)C)C(=O)OO.CCC(C)(C)OOC(=O)c1ccccc1. The minimum Gasteiger partial charge on any atom is -0.393 e. The Hall–Kier alpha value is -1.96. The Balaban J connectivity index is 0.000000686. The van der Waals surface area contributed by atoms with E-state index in [4.69, 9.17) is 15.0 Å². The average molecular weight is 497 g/mol. The summed E-state index contributed by atoms with van der Waals surface area (Å²) in [5.41, 5.74) is -0.0492. The first-order valence-corrected chi connectivity index (χ1v) is 12.5. The van der Waals surface area contributed by atoms with E-state index in [9.17, 15) is 14.7 Å². The summed E-state index contributed by atoms with van der Waals surface area (Å²) in [6.07, 6.45) is 4.54. The number of aliphatic hydroxyl groups is 1. The highest BCUT2D eigenvalue weighted by atomic mass is 17.2. The molecule has 35 heavy (non-hydrogen) atoms. The van der Waals surface area contributed by atoms with E-state index in [1.807, 2.05) is 40.7 Å². The molecule has 0 aliphatic rings. The lowest BCUT2D eigenvalue weighted by Crippen LogP contribution is -2.34. The van der Waals surface area contributed by atoms with Gasteiger partial charge < -0.3 is 9.99 Å². The Morgan fingerprint density at radius 3 is 2.00 bits per heavy atom. The molecule has 0 fully saturated rings. The van der Waals surface area contributed by atoms with E-state index in [0.717, 1.165) is 25.7 Å². The molecule has 7 heteroatoms. The molecule has 0 aliphatic carbocycles. The third kappa shape index (κ3) is 14.9. The van der Waals surface area contributed by atoms with E-state index in [2.05, 4.69) is 25.7 Å². The zero-order valence-corrected chi connectivity index (χ0v) is 23.2. The van der Waals surface area contributed by atoms with Gasteiger partial charge in [0.1, 0.15) is 5.60 Å². The second kappa shape index (κ2) is 15.2. The van der Waals surface area contributed by atoms with E-state index in [1.54, 1.807) is 31.2 Å². The molecule has 7 nitrogen and oxygen atoms in total. The molecule has 0 heterocycles. The number of unbranched alkanes of at least 4 members (excludes halogenated alkanes) is 1. The Morgan fingerprint density at radius 2 is 1.54 bits per heavy atom. The number of aliphatic hydroxyl groups excluding tert-OH is 1. The summed E-state index contributed by atoms with van der Waals surface area (Å²) in [4.78, 5) is 37.0. The molecule has 0 spiro atoms. The molecule has 1 aromatic carbocycles. The van der Waals surface area contributed by atoms with Gasteiger partial charge >= 0.3 is 11.9 Å². The standard InChI is InChI=1S/C16H32O4.C12H16O3/c1-12(17)11-16(5,6)13(14(18)20-19)9-7-8-10-15(2,3)4;1-4-12(2,3)15-14-11(13)10-8-6-5-7-9-10/h12-13,17,19H,7-11H2,1-6H3;5-9H,4H2,1-3H3. The first kappa shape index (κ1) is 33.0. The first-order valence-electron chi connectivity index (χ1n) is 12.5. The Morgan fingerprint density at radius 1 is 0.971 bits per heavy atom. The summed E-state index contributed by atoms with van der Waals surface area (Å²) in [7, 11) is 0. The van der Waals surface area contributed by atoms with Gasteiger partial charge in [0.2, 0.25) is 0 Å². The Kier molecular flexibility index (Phi) is 14.4. The van der Waals surface area contributed by atoms with Crippen LogP contribution in [0, 0.1) is 16.7 Å². The van der Waals surface area contributed by atoms with Crippen LogP contribution in [0.2, 0.25) is 0 Å². The molecule has 0 amide bonds. The van der Waals surface area contributed by atoms with Gasteiger partial charge in [0, 0.05) is 0 Å². The van der Waals surface area contributed by atoms with Crippen molar-refractivity contribution in [3.05, 3.63) is 35.9 Å². The molecule has 0 bridgehead atoms. The number of carbonyl (C=O) groups is 2. The number of carbonyl (C=O) groups excluding carboxylic acids is 2. The third-order valence-corrected chi connectivity index (χ3v) is 6.01. The number of hydrogen-bond acceptors (Lipinski definition) is 7. The molecule has 202 valence electrons. The van der Waals surface area contributed by atoms with Gasteiger partial charge in [-0.15, -0.1) is 0 Å². The zero-order chi connectivity index (χ0) is 27.3. The van der Waals surface area contributed by atoms with Crippen LogP contribution in [-0.4, -0.2) is 34.0 Å². The number of hydrogen-bond donors (Lipinski definition) is 2. The Labute approximate surface area is 212 Å². The second-order valence-corrected chi connectivity index (χ2v) is 11.7. The molecular weight excluding hydrogens is 448 g/mol. The predicted octanol–water partition coefficient (Wildman–Crippen LogP) is 6.99. The quantitative estimate of drug-likeness (QED) is 0.183. The monoisotopic (exact) mass is 496 g/mol. The van der Waals surface area contributed by atoms with Crippen LogP contribution in [0.5, 0.6) is 0 Å². The van der Waals surface area contributed by atoms with Crippen molar-refractivity contribution in [2.45, 2.75) is 113 Å². The molecular formula is C28H48O7. The van der Waals surface area contributed by atoms with Crippen molar-refractivity contribution in [3.63, 3.8) is 0 Å². The van der Waals surface area contributed by atoms with Crippen molar-refractivity contribution >= 4 is 11.9 Å². The zero-order valence-electron chi connectivity index (χ0n) is 23.2. The van der Waals surface area contributed by atoms with E-state index in [1.165, 1.54) is 0 Å². The van der Waals surface area contributed by atoms with Crippen LogP contribution in [0.3, 0.4) is 0 Å². The second-order valence-electron chi connectivity index (χ2n) is 11.7. The molecule has 1 aromatic rings. The average Bonchev–Trinajstić information content (AvgIpc) is 2.76. The molecule has 0 aliphatic heterocycles. The maximum absolute atomic E-state index is 11.8. The topological polar surface area (TPSA) is 102 Å². The Bertz CT molecular complexity index is 733. The molecule has 1 rings (SSSR count). The van der Waals surface area contributed by atoms with Gasteiger partial charge in [-0.2, -0.15) is 10.1 Å². The normalized spacial score (nSPS) is 13.8. The lowest BCUT2D eigenvalue weighted by Gasteiger charge is -2.33. The van der Waals surface area contributed by atoms with Crippen molar-refractivity contribution < 1.29 is 34.6 Å². The predicted molar refractivity (Wildman–Crippen MR) is 138 cm³/mol. The van der Waals surface area contributed by atoms with Gasteiger partial charge in [-0.25, -0.2) is 9.59 Å². The molecule has 0 aromatic heterocycles. The van der Waals surface area contributed by atoms with E-state index < -0.39 is 29.1 Å². The number of benzene rings is 1. The van der Waals surface area contributed by atoms with Crippen LogP contribution in [0.1, 0.15) is 111 Å². The van der Waals surface area contributed by atoms with Gasteiger partial charge in [-0.05, 0) is 69.4 Å². The van der Waals surface area contributed by atoms with Crippen LogP contribution in [-0.2, 0) is 19.5 Å². The van der Waals surface area contributed by atoms with Gasteiger partial charge in [-0.3, -0.25) is 4.89 Å². The van der Waals surface area contributed by atoms with Crippen LogP contribution in [0.15, 0.2) is 30.3 Å². The van der Waals surface area contributed by atoms with E-state index >= 15 is 0 Å². The van der Waals surface area contributed by atoms with Crippen molar-refractivity contribution in [2.24, 2.45) is 16.7 Å². The van der Waals surface area contributed by atoms with E-state index in [-0.39, 0.29) is 5.92 Å². The van der Waals surface area contributed by atoms with Gasteiger partial charge in [0.25, 0.3) is 0 Å². The lowest BCUT2D eigenvalue weighted by molar-refractivity contribution is -0.307. The van der Waals surface area contributed by atoms with Crippen LogP contribution >= 0.6 is 0 Å². The summed E-state index contributed by atoms with van der Waals surface area (Å²) in [6.45, 7) is 17.9. The maximum Gasteiger partial charge on any atom is 0.373 e. The number of rotatable bonds is 12. The first-order chi connectivity index (χ1) is 16.0. The third-order valence-electron chi connectivity index (χ3n) is 6.01. The van der Waals surface area contributed by atoms with Crippen LogP contribution in [0.4, 0.5) is 0 Å². The highest BCUT2D eigenvalue weighted by molar-refractivity contribution is 5.88. The fourth-order valence-corrected chi connectivity index (χ4v) is 3.63. The molecule has 0 radical (unpaired) electrons. The molecule has 2 N–H and O–H groups in total. The van der Waals surface area contributed by atoms with Crippen molar-refractivity contribution in [3.8, 4) is 0 Å². The van der Waals surface area contributed by atoms with Gasteiger partial charge in [-0.1, -0.05) is 72.6 Å². The molecule has 0 saturated heterocycles. The lowest BCUT2D eigenvalue weighted by atomic mass is 9.72. The van der Waals surface area contributed by atoms with Crippen LogP contribution < -0.4 is 0 Å². The fraction of sp³-hybridized carbons (Fsp3) is 0.714. The minimum atomic E-state index is -0.591. The molecule has 2 unspecified atom stereocenters.